The first-order valence-corrected chi connectivity index (χ1v) is 6.69. The lowest BCUT2D eigenvalue weighted by atomic mass is 10.2. The highest BCUT2D eigenvalue weighted by atomic mass is 16.3. The van der Waals surface area contributed by atoms with Crippen molar-refractivity contribution in [2.24, 2.45) is 0 Å². The Morgan fingerprint density at radius 1 is 1.15 bits per heavy atom. The van der Waals surface area contributed by atoms with Crippen molar-refractivity contribution in [1.29, 1.82) is 0 Å². The van der Waals surface area contributed by atoms with Gasteiger partial charge in [-0.3, -0.25) is 0 Å². The summed E-state index contributed by atoms with van der Waals surface area (Å²) < 4.78 is 5.44. The molecule has 1 aromatic carbocycles. The number of rotatable bonds is 4. The molecule has 0 fully saturated rings. The van der Waals surface area contributed by atoms with Crippen LogP contribution in [-0.4, -0.2) is 11.5 Å². The minimum absolute atomic E-state index is 0.784. The van der Waals surface area contributed by atoms with Gasteiger partial charge in [0.05, 0.1) is 11.6 Å². The summed E-state index contributed by atoms with van der Waals surface area (Å²) in [7, 11) is 0. The molecule has 0 amide bonds. The molecule has 0 saturated heterocycles. The van der Waals surface area contributed by atoms with Gasteiger partial charge in [0.25, 0.3) is 0 Å². The molecule has 2 aromatic heterocycles. The van der Waals surface area contributed by atoms with Crippen molar-refractivity contribution in [2.45, 2.75) is 13.5 Å². The third kappa shape index (κ3) is 2.32. The molecule has 0 saturated carbocycles. The highest BCUT2D eigenvalue weighted by molar-refractivity contribution is 5.88. The van der Waals surface area contributed by atoms with Gasteiger partial charge >= 0.3 is 0 Å². The summed E-state index contributed by atoms with van der Waals surface area (Å²) in [6.45, 7) is 3.80. The Hall–Kier alpha value is -2.49. The molecular formula is C16H17N3O. The summed E-state index contributed by atoms with van der Waals surface area (Å²) in [5.41, 5.74) is 8.59. The maximum Gasteiger partial charge on any atom is 0.139 e. The zero-order valence-corrected chi connectivity index (χ0v) is 11.4. The van der Waals surface area contributed by atoms with Crippen molar-refractivity contribution in [3.63, 3.8) is 0 Å². The number of benzene rings is 1. The molecule has 0 spiro atoms. The van der Waals surface area contributed by atoms with Crippen molar-refractivity contribution in [3.8, 4) is 0 Å². The van der Waals surface area contributed by atoms with E-state index in [4.69, 9.17) is 10.2 Å². The molecule has 0 bridgehead atoms. The summed E-state index contributed by atoms with van der Waals surface area (Å²) in [5.74, 6) is 0.954. The third-order valence-electron chi connectivity index (χ3n) is 3.39. The van der Waals surface area contributed by atoms with Crippen LogP contribution < -0.4 is 10.6 Å². The first-order chi connectivity index (χ1) is 9.78. The molecule has 0 aliphatic rings. The molecule has 20 heavy (non-hydrogen) atoms. The van der Waals surface area contributed by atoms with E-state index in [1.807, 2.05) is 36.4 Å². The van der Waals surface area contributed by atoms with E-state index in [2.05, 4.69) is 16.8 Å². The van der Waals surface area contributed by atoms with Crippen LogP contribution in [0.1, 0.15) is 12.5 Å². The maximum absolute atomic E-state index is 5.72. The van der Waals surface area contributed by atoms with E-state index in [9.17, 15) is 0 Å². The fourth-order valence-electron chi connectivity index (χ4n) is 2.31. The van der Waals surface area contributed by atoms with E-state index in [0.29, 0.717) is 0 Å². The van der Waals surface area contributed by atoms with Gasteiger partial charge in [0.15, 0.2) is 0 Å². The van der Waals surface area contributed by atoms with Crippen LogP contribution in [0, 0.1) is 0 Å². The quantitative estimate of drug-likeness (QED) is 0.736. The Labute approximate surface area is 117 Å². The van der Waals surface area contributed by atoms with Crippen LogP contribution in [0.15, 0.2) is 53.3 Å². The van der Waals surface area contributed by atoms with Crippen LogP contribution in [0.5, 0.6) is 0 Å². The highest BCUT2D eigenvalue weighted by Gasteiger charge is 2.12. The zero-order valence-electron chi connectivity index (χ0n) is 11.4. The molecule has 0 aliphatic heterocycles. The molecule has 4 nitrogen and oxygen atoms in total. The Balaban J connectivity index is 1.93. The zero-order chi connectivity index (χ0) is 13.9. The summed E-state index contributed by atoms with van der Waals surface area (Å²) in [4.78, 5) is 6.73. The second-order valence-corrected chi connectivity index (χ2v) is 4.72. The predicted octanol–water partition coefficient (Wildman–Crippen LogP) is 3.44. The number of aromatic nitrogens is 1. The van der Waals surface area contributed by atoms with Gasteiger partial charge in [0, 0.05) is 25.0 Å². The normalized spacial score (nSPS) is 10.8. The summed E-state index contributed by atoms with van der Waals surface area (Å²) >= 11 is 0. The van der Waals surface area contributed by atoms with Crippen LogP contribution in [0.2, 0.25) is 0 Å². The van der Waals surface area contributed by atoms with Gasteiger partial charge in [0.1, 0.15) is 11.4 Å². The molecule has 102 valence electrons. The Bertz CT molecular complexity index is 703. The Morgan fingerprint density at radius 2 is 1.95 bits per heavy atom. The Kier molecular flexibility index (Phi) is 3.29. The molecule has 2 heterocycles. The van der Waals surface area contributed by atoms with Gasteiger partial charge in [-0.25, -0.2) is 4.98 Å². The number of hydrogen-bond acceptors (Lipinski definition) is 4. The van der Waals surface area contributed by atoms with Crippen molar-refractivity contribution < 1.29 is 4.42 Å². The van der Waals surface area contributed by atoms with Gasteiger partial charge in [-0.2, -0.15) is 0 Å². The van der Waals surface area contributed by atoms with Gasteiger partial charge in [-0.15, -0.1) is 0 Å². The van der Waals surface area contributed by atoms with E-state index in [0.717, 1.165) is 35.6 Å². The molecular weight excluding hydrogens is 250 g/mol. The van der Waals surface area contributed by atoms with Crippen LogP contribution in [0.4, 0.5) is 11.5 Å². The largest absolute Gasteiger partial charge is 0.464 e. The molecule has 4 heteroatoms. The predicted molar refractivity (Wildman–Crippen MR) is 81.6 cm³/mol. The maximum atomic E-state index is 5.72. The average molecular weight is 267 g/mol. The lowest BCUT2D eigenvalue weighted by molar-refractivity contribution is 0.615. The minimum atomic E-state index is 0.784. The molecule has 3 aromatic rings. The second kappa shape index (κ2) is 5.25. The lowest BCUT2D eigenvalue weighted by Crippen LogP contribution is -2.23. The average Bonchev–Trinajstić information content (AvgIpc) is 2.95. The van der Waals surface area contributed by atoms with Crippen LogP contribution >= 0.6 is 0 Å². The van der Waals surface area contributed by atoms with E-state index in [1.165, 1.54) is 5.56 Å². The molecule has 3 rings (SSSR count). The number of fused-ring (bicyclic) bond motifs is 1. The van der Waals surface area contributed by atoms with Crippen LogP contribution in [0.3, 0.4) is 0 Å². The summed E-state index contributed by atoms with van der Waals surface area (Å²) in [6, 6.07) is 11.8. The fraction of sp³-hybridized carbons (Fsp3) is 0.188. The van der Waals surface area contributed by atoms with E-state index in [1.54, 1.807) is 12.5 Å². The standard InChI is InChI=1S/C16H17N3O/c1-2-19(11-12-3-5-13(17)6-4-12)16-14-8-10-20-15(14)7-9-18-16/h3-10H,2,11,17H2,1H3. The van der Waals surface area contributed by atoms with E-state index < -0.39 is 0 Å². The van der Waals surface area contributed by atoms with Gasteiger partial charge in [-0.1, -0.05) is 12.1 Å². The first-order valence-electron chi connectivity index (χ1n) is 6.69. The lowest BCUT2D eigenvalue weighted by Gasteiger charge is -2.22. The van der Waals surface area contributed by atoms with Crippen molar-refractivity contribution in [3.05, 3.63) is 54.4 Å². The van der Waals surface area contributed by atoms with Crippen molar-refractivity contribution in [1.82, 2.24) is 4.98 Å². The highest BCUT2D eigenvalue weighted by Crippen LogP contribution is 2.26. The van der Waals surface area contributed by atoms with E-state index >= 15 is 0 Å². The van der Waals surface area contributed by atoms with Gasteiger partial charge in [-0.05, 0) is 36.8 Å². The summed E-state index contributed by atoms with van der Waals surface area (Å²) in [5, 5.41) is 1.05. The summed E-state index contributed by atoms with van der Waals surface area (Å²) in [6.07, 6.45) is 3.49. The van der Waals surface area contributed by atoms with Gasteiger partial charge < -0.3 is 15.1 Å². The third-order valence-corrected chi connectivity index (χ3v) is 3.39. The van der Waals surface area contributed by atoms with Crippen LogP contribution in [0.25, 0.3) is 11.0 Å². The van der Waals surface area contributed by atoms with Crippen molar-refractivity contribution in [2.75, 3.05) is 17.2 Å². The first kappa shape index (κ1) is 12.5. The second-order valence-electron chi connectivity index (χ2n) is 4.72. The molecule has 0 atom stereocenters. The number of furan rings is 1. The number of nitrogen functional groups attached to an aromatic ring is 1. The topological polar surface area (TPSA) is 55.3 Å². The van der Waals surface area contributed by atoms with E-state index in [-0.39, 0.29) is 0 Å². The molecule has 0 unspecified atom stereocenters. The number of hydrogen-bond donors (Lipinski definition) is 1. The van der Waals surface area contributed by atoms with Crippen LogP contribution in [-0.2, 0) is 6.54 Å². The number of anilines is 2. The minimum Gasteiger partial charge on any atom is -0.464 e. The fourth-order valence-corrected chi connectivity index (χ4v) is 2.31. The molecule has 0 radical (unpaired) electrons. The SMILES string of the molecule is CCN(Cc1ccc(N)cc1)c1nccc2occc12. The molecule has 2 N–H and O–H groups in total. The van der Waals surface area contributed by atoms with Crippen molar-refractivity contribution >= 4 is 22.5 Å². The molecule has 0 aliphatic carbocycles. The van der Waals surface area contributed by atoms with Gasteiger partial charge in [0.2, 0.25) is 0 Å². The number of nitrogens with zero attached hydrogens (tertiary/aromatic N) is 2. The monoisotopic (exact) mass is 267 g/mol. The number of pyridine rings is 1. The Morgan fingerprint density at radius 3 is 2.70 bits per heavy atom. The number of nitrogens with two attached hydrogens (primary N) is 1. The smallest absolute Gasteiger partial charge is 0.139 e.